The molecular formula is C18H18IN3O. The summed E-state index contributed by atoms with van der Waals surface area (Å²) in [5.41, 5.74) is 10.2. The van der Waals surface area contributed by atoms with Gasteiger partial charge in [0.1, 0.15) is 12.4 Å². The van der Waals surface area contributed by atoms with E-state index in [2.05, 4.69) is 64.0 Å². The van der Waals surface area contributed by atoms with Gasteiger partial charge in [-0.15, -0.1) is 0 Å². The molecule has 0 amide bonds. The second-order valence-electron chi connectivity index (χ2n) is 5.26. The summed E-state index contributed by atoms with van der Waals surface area (Å²) in [6.07, 6.45) is 0.964. The third-order valence-electron chi connectivity index (χ3n) is 3.69. The van der Waals surface area contributed by atoms with E-state index in [0.717, 1.165) is 32.6 Å². The Morgan fingerprint density at radius 2 is 1.91 bits per heavy atom. The van der Waals surface area contributed by atoms with Gasteiger partial charge in [0.2, 0.25) is 0 Å². The molecule has 0 saturated carbocycles. The van der Waals surface area contributed by atoms with E-state index >= 15 is 0 Å². The molecule has 23 heavy (non-hydrogen) atoms. The highest BCUT2D eigenvalue weighted by Gasteiger charge is 2.15. The lowest BCUT2D eigenvalue weighted by Crippen LogP contribution is -1.98. The van der Waals surface area contributed by atoms with Gasteiger partial charge in [-0.2, -0.15) is 5.10 Å². The number of hydrogen-bond acceptors (Lipinski definition) is 3. The maximum absolute atomic E-state index is 6.05. The first-order valence-corrected chi connectivity index (χ1v) is 8.56. The first-order chi connectivity index (χ1) is 11.2. The second kappa shape index (κ2) is 7.04. The topological polar surface area (TPSA) is 63.9 Å². The monoisotopic (exact) mass is 419 g/mol. The number of H-pyrrole nitrogens is 1. The Labute approximate surface area is 149 Å². The molecule has 1 heterocycles. The molecule has 0 bridgehead atoms. The first kappa shape index (κ1) is 15.9. The molecule has 0 radical (unpaired) electrons. The van der Waals surface area contributed by atoms with Crippen LogP contribution in [0.3, 0.4) is 0 Å². The predicted molar refractivity (Wildman–Crippen MR) is 101 cm³/mol. The molecule has 4 nitrogen and oxygen atoms in total. The van der Waals surface area contributed by atoms with Crippen molar-refractivity contribution in [1.29, 1.82) is 0 Å². The molecule has 3 N–H and O–H groups in total. The zero-order valence-corrected chi connectivity index (χ0v) is 15.0. The smallest absolute Gasteiger partial charge is 0.159 e. The van der Waals surface area contributed by atoms with Crippen LogP contribution in [0, 0.1) is 3.57 Å². The van der Waals surface area contributed by atoms with Crippen molar-refractivity contribution in [3.05, 3.63) is 63.2 Å². The van der Waals surface area contributed by atoms with Crippen molar-refractivity contribution in [3.63, 3.8) is 0 Å². The molecule has 0 atom stereocenters. The van der Waals surface area contributed by atoms with Gasteiger partial charge in [-0.1, -0.05) is 43.3 Å². The van der Waals surface area contributed by atoms with E-state index in [0.29, 0.717) is 12.4 Å². The number of benzene rings is 2. The standard InChI is InChI=1S/C18H18IN3O/c1-2-12-8-9-15(23-11-13-6-4-3-5-7-13)14(10-12)17-16(19)18(20)22-21-17/h3-10H,2,11H2,1H3,(H3,20,21,22). The molecule has 1 aromatic heterocycles. The van der Waals surface area contributed by atoms with Crippen LogP contribution in [-0.2, 0) is 13.0 Å². The Hall–Kier alpha value is -2.02. The Bertz CT molecular complexity index is 799. The highest BCUT2D eigenvalue weighted by Crippen LogP contribution is 2.35. The number of hydrogen-bond donors (Lipinski definition) is 2. The molecule has 0 aliphatic heterocycles. The van der Waals surface area contributed by atoms with Crippen LogP contribution in [0.25, 0.3) is 11.3 Å². The van der Waals surface area contributed by atoms with Crippen molar-refractivity contribution >= 4 is 28.4 Å². The van der Waals surface area contributed by atoms with Gasteiger partial charge in [0.25, 0.3) is 0 Å². The van der Waals surface area contributed by atoms with E-state index in [1.54, 1.807) is 0 Å². The predicted octanol–water partition coefficient (Wildman–Crippen LogP) is 4.40. The van der Waals surface area contributed by atoms with Gasteiger partial charge in [0.15, 0.2) is 5.82 Å². The fourth-order valence-electron chi connectivity index (χ4n) is 2.37. The average molecular weight is 419 g/mol. The Balaban J connectivity index is 1.94. The number of aromatic nitrogens is 2. The molecule has 5 heteroatoms. The highest BCUT2D eigenvalue weighted by molar-refractivity contribution is 14.1. The minimum atomic E-state index is 0.511. The number of nitrogens with zero attached hydrogens (tertiary/aromatic N) is 1. The zero-order chi connectivity index (χ0) is 16.2. The highest BCUT2D eigenvalue weighted by atomic mass is 127. The van der Waals surface area contributed by atoms with Gasteiger partial charge in [0, 0.05) is 5.56 Å². The average Bonchev–Trinajstić information content (AvgIpc) is 2.93. The summed E-state index contributed by atoms with van der Waals surface area (Å²) < 4.78 is 6.97. The maximum Gasteiger partial charge on any atom is 0.159 e. The lowest BCUT2D eigenvalue weighted by molar-refractivity contribution is 0.307. The van der Waals surface area contributed by atoms with Crippen LogP contribution < -0.4 is 10.5 Å². The number of nitrogens with one attached hydrogen (secondary N) is 1. The largest absolute Gasteiger partial charge is 0.488 e. The van der Waals surface area contributed by atoms with Crippen LogP contribution in [0.5, 0.6) is 5.75 Å². The maximum atomic E-state index is 6.05. The summed E-state index contributed by atoms with van der Waals surface area (Å²) in [6.45, 7) is 2.66. The summed E-state index contributed by atoms with van der Waals surface area (Å²) in [5, 5.41) is 7.11. The molecule has 0 aliphatic carbocycles. The van der Waals surface area contributed by atoms with Crippen LogP contribution in [-0.4, -0.2) is 10.2 Å². The van der Waals surface area contributed by atoms with Gasteiger partial charge in [-0.25, -0.2) is 0 Å². The van der Waals surface area contributed by atoms with Gasteiger partial charge in [0.05, 0.1) is 9.26 Å². The Morgan fingerprint density at radius 3 is 2.57 bits per heavy atom. The normalized spacial score (nSPS) is 10.7. The number of anilines is 1. The van der Waals surface area contributed by atoms with E-state index in [1.165, 1.54) is 5.56 Å². The molecule has 0 spiro atoms. The summed E-state index contributed by atoms with van der Waals surface area (Å²) >= 11 is 2.21. The zero-order valence-electron chi connectivity index (χ0n) is 12.8. The van der Waals surface area contributed by atoms with Crippen LogP contribution in [0.1, 0.15) is 18.1 Å². The number of ether oxygens (including phenoxy) is 1. The SMILES string of the molecule is CCc1ccc(OCc2ccccc2)c(-c2[nH]nc(N)c2I)c1. The van der Waals surface area contributed by atoms with E-state index in [9.17, 15) is 0 Å². The first-order valence-electron chi connectivity index (χ1n) is 7.48. The number of rotatable bonds is 5. The van der Waals surface area contributed by atoms with E-state index in [-0.39, 0.29) is 0 Å². The summed E-state index contributed by atoms with van der Waals surface area (Å²) in [4.78, 5) is 0. The molecule has 118 valence electrons. The molecule has 0 aliphatic rings. The fraction of sp³-hybridized carbons (Fsp3) is 0.167. The lowest BCUT2D eigenvalue weighted by atomic mass is 10.1. The Morgan fingerprint density at radius 1 is 1.13 bits per heavy atom. The van der Waals surface area contributed by atoms with Crippen molar-refractivity contribution in [2.24, 2.45) is 0 Å². The number of nitrogen functional groups attached to an aromatic ring is 1. The van der Waals surface area contributed by atoms with Crippen molar-refractivity contribution < 1.29 is 4.74 Å². The van der Waals surface area contributed by atoms with Crippen molar-refractivity contribution in [2.75, 3.05) is 5.73 Å². The summed E-state index contributed by atoms with van der Waals surface area (Å²) in [5.74, 6) is 1.34. The quantitative estimate of drug-likeness (QED) is 0.603. The van der Waals surface area contributed by atoms with Crippen LogP contribution >= 0.6 is 22.6 Å². The third kappa shape index (κ3) is 3.50. The fourth-order valence-corrected chi connectivity index (χ4v) is 2.91. The van der Waals surface area contributed by atoms with Crippen molar-refractivity contribution in [1.82, 2.24) is 10.2 Å². The van der Waals surface area contributed by atoms with Crippen LogP contribution in [0.4, 0.5) is 5.82 Å². The molecule has 0 saturated heterocycles. The number of aryl methyl sites for hydroxylation is 1. The molecular weight excluding hydrogens is 401 g/mol. The summed E-state index contributed by atoms with van der Waals surface area (Å²) in [6, 6.07) is 16.4. The second-order valence-corrected chi connectivity index (χ2v) is 6.33. The van der Waals surface area contributed by atoms with Gasteiger partial charge >= 0.3 is 0 Å². The third-order valence-corrected chi connectivity index (χ3v) is 4.78. The minimum absolute atomic E-state index is 0.511. The van der Waals surface area contributed by atoms with Gasteiger partial charge in [-0.3, -0.25) is 5.10 Å². The van der Waals surface area contributed by atoms with Crippen molar-refractivity contribution in [3.8, 4) is 17.0 Å². The van der Waals surface area contributed by atoms with Gasteiger partial charge in [-0.05, 0) is 52.3 Å². The number of nitrogens with two attached hydrogens (primary N) is 1. The molecule has 0 unspecified atom stereocenters. The summed E-state index contributed by atoms with van der Waals surface area (Å²) in [7, 11) is 0. The van der Waals surface area contributed by atoms with E-state index in [1.807, 2.05) is 24.3 Å². The molecule has 3 rings (SSSR count). The Kier molecular flexibility index (Phi) is 4.85. The van der Waals surface area contributed by atoms with Crippen molar-refractivity contribution in [2.45, 2.75) is 20.0 Å². The number of halogens is 1. The number of aromatic amines is 1. The van der Waals surface area contributed by atoms with Gasteiger partial charge < -0.3 is 10.5 Å². The minimum Gasteiger partial charge on any atom is -0.488 e. The van der Waals surface area contributed by atoms with E-state index < -0.39 is 0 Å². The van der Waals surface area contributed by atoms with E-state index in [4.69, 9.17) is 10.5 Å². The molecule has 2 aromatic carbocycles. The lowest BCUT2D eigenvalue weighted by Gasteiger charge is -2.12. The van der Waals surface area contributed by atoms with Crippen LogP contribution in [0.2, 0.25) is 0 Å². The van der Waals surface area contributed by atoms with Crippen LogP contribution in [0.15, 0.2) is 48.5 Å². The molecule has 0 fully saturated rings. The molecule has 3 aromatic rings.